The van der Waals surface area contributed by atoms with Crippen LogP contribution in [0.25, 0.3) is 0 Å². The third-order valence-electron chi connectivity index (χ3n) is 8.71. The molecular weight excluding hydrogens is 901 g/mol. The third-order valence-corrected chi connectivity index (χ3v) is 15.6. The number of aryl methyl sites for hydroxylation is 1. The minimum Gasteiger partial charge on any atom is -0.465 e. The van der Waals surface area contributed by atoms with Crippen molar-refractivity contribution in [1.82, 2.24) is 0 Å². The third kappa shape index (κ3) is 13.4. The van der Waals surface area contributed by atoms with Crippen LogP contribution in [0.2, 0.25) is 0 Å². The highest BCUT2D eigenvalue weighted by Gasteiger charge is 2.23. The fraction of sp³-hybridized carbons (Fsp3) is 0.282. The molecule has 0 bridgehead atoms. The summed E-state index contributed by atoms with van der Waals surface area (Å²) in [7, 11) is 1.28. The second-order valence-electron chi connectivity index (χ2n) is 12.8. The molecule has 22 heteroatoms. The zero-order valence-electron chi connectivity index (χ0n) is 33.6. The molecule has 1 fully saturated rings. The molecule has 4 aromatic heterocycles. The number of anilines is 3. The average molecular weight is 945 g/mol. The maximum Gasteiger partial charge on any atom is 0.348 e. The number of methoxy groups -OCH3 is 1. The summed E-state index contributed by atoms with van der Waals surface area (Å²) < 4.78 is 12.3. The molecule has 324 valence electrons. The van der Waals surface area contributed by atoms with Crippen LogP contribution >= 0.6 is 69.3 Å². The number of nitro benzene ring substituents is 1. The Hall–Kier alpha value is -5.13. The Morgan fingerprint density at radius 3 is 1.77 bits per heavy atom. The van der Waals surface area contributed by atoms with Crippen LogP contribution in [-0.4, -0.2) is 66.2 Å². The van der Waals surface area contributed by atoms with Gasteiger partial charge in [0.2, 0.25) is 5.91 Å². The zero-order chi connectivity index (χ0) is 44.8. The zero-order valence-corrected chi connectivity index (χ0v) is 38.5. The molecule has 0 saturated heterocycles. The van der Waals surface area contributed by atoms with Gasteiger partial charge in [-0.3, -0.25) is 35.3 Å². The smallest absolute Gasteiger partial charge is 0.348 e. The van der Waals surface area contributed by atoms with Gasteiger partial charge in [0.05, 0.1) is 57.7 Å². The number of amides is 3. The van der Waals surface area contributed by atoms with Crippen LogP contribution in [0.5, 0.6) is 0 Å². The minimum atomic E-state index is -0.528. The number of carbonyl (C=O) groups is 4. The molecule has 4 heterocycles. The van der Waals surface area contributed by atoms with Crippen LogP contribution in [0, 0.1) is 33.8 Å². The van der Waals surface area contributed by atoms with Crippen molar-refractivity contribution in [2.45, 2.75) is 51.7 Å². The van der Waals surface area contributed by atoms with Gasteiger partial charge in [0.15, 0.2) is 5.76 Å². The number of nitrogen functional groups attached to an aromatic ring is 2. The summed E-state index contributed by atoms with van der Waals surface area (Å²) in [6, 6.07) is 12.5. The molecule has 1 aliphatic rings. The number of nitrogens with one attached hydrogen (secondary N) is 5. The lowest BCUT2D eigenvalue weighted by molar-refractivity contribution is -0.385. The van der Waals surface area contributed by atoms with Gasteiger partial charge in [-0.15, -0.1) is 69.3 Å². The lowest BCUT2D eigenvalue weighted by Crippen LogP contribution is -2.24. The molecule has 0 unspecified atom stereocenters. The fourth-order valence-electron chi connectivity index (χ4n) is 5.64. The molecule has 16 nitrogen and oxygen atoms in total. The summed E-state index contributed by atoms with van der Waals surface area (Å²) >= 11 is 8.48. The predicted octanol–water partition coefficient (Wildman–Crippen LogP) is 9.60. The minimum absolute atomic E-state index is 0.00574. The highest BCUT2D eigenvalue weighted by Crippen LogP contribution is 2.38. The van der Waals surface area contributed by atoms with Crippen molar-refractivity contribution in [3.05, 3.63) is 96.4 Å². The van der Waals surface area contributed by atoms with E-state index in [2.05, 4.69) is 20.7 Å². The van der Waals surface area contributed by atoms with Crippen LogP contribution in [0.3, 0.4) is 0 Å². The van der Waals surface area contributed by atoms with Gasteiger partial charge >= 0.3 is 5.97 Å². The number of nitro groups is 1. The Morgan fingerprint density at radius 2 is 1.30 bits per heavy atom. The van der Waals surface area contributed by atoms with E-state index in [1.165, 1.54) is 102 Å². The highest BCUT2D eigenvalue weighted by molar-refractivity contribution is 8.01. The predicted molar refractivity (Wildman–Crippen MR) is 249 cm³/mol. The first-order valence-corrected chi connectivity index (χ1v) is 24.3. The van der Waals surface area contributed by atoms with Gasteiger partial charge in [0.1, 0.15) is 16.5 Å². The number of rotatable bonds is 13. The Morgan fingerprint density at radius 1 is 0.787 bits per heavy atom. The Kier molecular flexibility index (Phi) is 18.4. The van der Waals surface area contributed by atoms with E-state index >= 15 is 0 Å². The number of nitrogens with two attached hydrogens (primary N) is 2. The quantitative estimate of drug-likeness (QED) is 0.0145. The highest BCUT2D eigenvalue weighted by atomic mass is 32.2. The topological polar surface area (TPSA) is 270 Å². The summed E-state index contributed by atoms with van der Waals surface area (Å²) in [6.07, 6.45) is 12.6. The second kappa shape index (κ2) is 23.2. The van der Waals surface area contributed by atoms with Gasteiger partial charge in [-0.1, -0.05) is 25.3 Å². The normalized spacial score (nSPS) is 12.1. The summed E-state index contributed by atoms with van der Waals surface area (Å²) in [4.78, 5) is 60.2. The maximum absolute atomic E-state index is 12.4. The van der Waals surface area contributed by atoms with Gasteiger partial charge in [-0.05, 0) is 74.9 Å². The number of carbonyl (C=O) groups excluding carboxylic acids is 4. The number of amidine groups is 2. The van der Waals surface area contributed by atoms with E-state index in [9.17, 15) is 29.3 Å². The van der Waals surface area contributed by atoms with E-state index in [0.717, 1.165) is 44.0 Å². The molecule has 0 atom stereocenters. The van der Waals surface area contributed by atoms with Crippen LogP contribution in [0.4, 0.5) is 22.7 Å². The number of benzene rings is 1. The molecule has 1 aliphatic carbocycles. The molecule has 0 radical (unpaired) electrons. The molecule has 0 spiro atoms. The average Bonchev–Trinajstić information content (AvgIpc) is 4.08. The summed E-state index contributed by atoms with van der Waals surface area (Å²) in [5.74, 6) is -0.732. The molecule has 6 rings (SSSR count). The molecule has 9 N–H and O–H groups in total. The first-order valence-electron chi connectivity index (χ1n) is 18.1. The number of thioether (sulfide) groups is 3. The lowest BCUT2D eigenvalue weighted by atomic mass is 9.88. The van der Waals surface area contributed by atoms with Gasteiger partial charge in [0.25, 0.3) is 17.5 Å². The SMILES string of the molecule is COC(=O)c1cc(NC(=O)c2ccc(C)c([N+](=O)[O-])c2)c(SC)s1.CSc1sc(C(=N)N)cc1NC(=O)C1CCCCC1.CSc1sc(C(=N)N)cc1NC(=O)c1ccco1. The molecule has 0 aliphatic heterocycles. The molecule has 1 saturated carbocycles. The van der Waals surface area contributed by atoms with Gasteiger partial charge in [-0.2, -0.15) is 0 Å². The van der Waals surface area contributed by atoms with Crippen LogP contribution in [0.15, 0.2) is 71.8 Å². The van der Waals surface area contributed by atoms with E-state index in [-0.39, 0.29) is 46.4 Å². The van der Waals surface area contributed by atoms with Gasteiger partial charge in [0, 0.05) is 23.1 Å². The largest absolute Gasteiger partial charge is 0.465 e. The number of hydrogen-bond acceptors (Lipinski definition) is 16. The molecular formula is C39H44N8O8S6. The van der Waals surface area contributed by atoms with E-state index in [4.69, 9.17) is 26.7 Å². The Labute approximate surface area is 376 Å². The van der Waals surface area contributed by atoms with Gasteiger partial charge < -0.3 is 36.6 Å². The van der Waals surface area contributed by atoms with Crippen LogP contribution in [0.1, 0.15) is 78.0 Å². The van der Waals surface area contributed by atoms with Crippen molar-refractivity contribution in [2.75, 3.05) is 41.8 Å². The standard InChI is InChI=1S/C15H14N2O5S2.C13H19N3OS2.C11H11N3O2S2/c1-8-4-5-9(6-11(8)17(20)21)13(18)16-10-7-12(14(19)22-2)24-15(10)23-3;1-18-13-9(7-10(19-13)11(14)15)16-12(17)8-5-3-2-4-6-8;1-17-11-6(5-8(18-11)9(12)13)14-10(15)7-3-2-4-16-7/h4-7H,1-3H3,(H,16,18);7-8H,2-6H2,1H3,(H3,14,15)(H,16,17);2-5H,1H3,(H3,12,13)(H,14,15). The molecule has 5 aromatic rings. The molecule has 3 amide bonds. The van der Waals surface area contributed by atoms with E-state index in [1.807, 2.05) is 18.8 Å². The Bertz CT molecular complexity index is 2380. The number of ether oxygens (including phenoxy) is 1. The van der Waals surface area contributed by atoms with Crippen molar-refractivity contribution in [2.24, 2.45) is 17.4 Å². The van der Waals surface area contributed by atoms with Crippen molar-refractivity contribution >= 4 is 127 Å². The van der Waals surface area contributed by atoms with Crippen molar-refractivity contribution in [1.29, 1.82) is 10.8 Å². The molecule has 61 heavy (non-hydrogen) atoms. The van der Waals surface area contributed by atoms with E-state index in [1.54, 1.807) is 43.0 Å². The number of esters is 1. The Balaban J connectivity index is 0.000000204. The summed E-state index contributed by atoms with van der Waals surface area (Å²) in [6.45, 7) is 1.60. The first-order chi connectivity index (χ1) is 29.1. The lowest BCUT2D eigenvalue weighted by Gasteiger charge is -2.20. The van der Waals surface area contributed by atoms with Crippen LogP contribution < -0.4 is 27.4 Å². The number of furan rings is 1. The maximum atomic E-state index is 12.4. The monoisotopic (exact) mass is 944 g/mol. The fourth-order valence-corrected chi connectivity index (χ4v) is 10.6. The first kappa shape index (κ1) is 48.5. The summed E-state index contributed by atoms with van der Waals surface area (Å²) in [5, 5.41) is 34.3. The van der Waals surface area contributed by atoms with Crippen molar-refractivity contribution in [3.8, 4) is 0 Å². The number of nitrogens with zero attached hydrogens (tertiary/aromatic N) is 1. The molecule has 1 aromatic carbocycles. The van der Waals surface area contributed by atoms with E-state index in [0.29, 0.717) is 31.6 Å². The number of thiophene rings is 3. The van der Waals surface area contributed by atoms with Crippen molar-refractivity contribution < 1.29 is 33.3 Å². The van der Waals surface area contributed by atoms with E-state index < -0.39 is 16.8 Å². The van der Waals surface area contributed by atoms with Crippen LogP contribution in [-0.2, 0) is 9.53 Å². The van der Waals surface area contributed by atoms with Crippen molar-refractivity contribution in [3.63, 3.8) is 0 Å². The number of hydrogen-bond donors (Lipinski definition) is 7. The summed E-state index contributed by atoms with van der Waals surface area (Å²) in [5.41, 5.74) is 13.4. The second-order valence-corrected chi connectivity index (χ2v) is 19.2. The van der Waals surface area contributed by atoms with Gasteiger partial charge in [-0.25, -0.2) is 4.79 Å².